The standard InChI is InChI=1S/C9H9ClN2/c1-2-8-7-5-6(10)3-4-9(7)12-11-8/h3-5H,2H2,1H3,(H,11,12). The molecule has 12 heavy (non-hydrogen) atoms. The molecule has 62 valence electrons. The van der Waals surface area contributed by atoms with Gasteiger partial charge < -0.3 is 0 Å². The largest absolute Gasteiger partial charge is 0.278 e. The van der Waals surface area contributed by atoms with Crippen molar-refractivity contribution < 1.29 is 0 Å². The van der Waals surface area contributed by atoms with Crippen molar-refractivity contribution in [1.29, 1.82) is 0 Å². The van der Waals surface area contributed by atoms with Crippen LogP contribution >= 0.6 is 11.6 Å². The van der Waals surface area contributed by atoms with Gasteiger partial charge in [-0.05, 0) is 24.6 Å². The highest BCUT2D eigenvalue weighted by Gasteiger charge is 2.02. The first-order chi connectivity index (χ1) is 5.81. The van der Waals surface area contributed by atoms with E-state index < -0.39 is 0 Å². The summed E-state index contributed by atoms with van der Waals surface area (Å²) in [5.41, 5.74) is 2.13. The molecule has 0 aliphatic heterocycles. The van der Waals surface area contributed by atoms with Crippen LogP contribution in [0, 0.1) is 0 Å². The lowest BCUT2D eigenvalue weighted by Crippen LogP contribution is -1.78. The molecular formula is C9H9ClN2. The van der Waals surface area contributed by atoms with E-state index in [1.807, 2.05) is 18.2 Å². The molecule has 0 fully saturated rings. The summed E-state index contributed by atoms with van der Waals surface area (Å²) >= 11 is 5.86. The number of H-pyrrole nitrogens is 1. The summed E-state index contributed by atoms with van der Waals surface area (Å²) in [5.74, 6) is 0. The summed E-state index contributed by atoms with van der Waals surface area (Å²) < 4.78 is 0. The van der Waals surface area contributed by atoms with Crippen LogP contribution in [-0.2, 0) is 6.42 Å². The molecule has 1 aromatic heterocycles. The zero-order chi connectivity index (χ0) is 8.55. The Morgan fingerprint density at radius 1 is 1.50 bits per heavy atom. The van der Waals surface area contributed by atoms with Crippen molar-refractivity contribution in [2.75, 3.05) is 0 Å². The van der Waals surface area contributed by atoms with E-state index in [1.54, 1.807) is 0 Å². The number of rotatable bonds is 1. The maximum absolute atomic E-state index is 5.86. The Hall–Kier alpha value is -1.02. The van der Waals surface area contributed by atoms with Crippen LogP contribution in [0.1, 0.15) is 12.6 Å². The number of benzene rings is 1. The Morgan fingerprint density at radius 3 is 3.08 bits per heavy atom. The zero-order valence-corrected chi connectivity index (χ0v) is 7.52. The number of aromatic amines is 1. The van der Waals surface area contributed by atoms with E-state index in [1.165, 1.54) is 0 Å². The van der Waals surface area contributed by atoms with Crippen LogP contribution in [0.15, 0.2) is 18.2 Å². The highest BCUT2D eigenvalue weighted by Crippen LogP contribution is 2.20. The lowest BCUT2D eigenvalue weighted by atomic mass is 10.2. The normalized spacial score (nSPS) is 10.8. The van der Waals surface area contributed by atoms with Gasteiger partial charge in [-0.25, -0.2) is 0 Å². The highest BCUT2D eigenvalue weighted by atomic mass is 35.5. The second kappa shape index (κ2) is 2.79. The van der Waals surface area contributed by atoms with Crippen LogP contribution in [-0.4, -0.2) is 10.2 Å². The molecule has 0 spiro atoms. The Labute approximate surface area is 75.5 Å². The monoisotopic (exact) mass is 180 g/mol. The molecule has 0 saturated heterocycles. The molecule has 2 nitrogen and oxygen atoms in total. The molecular weight excluding hydrogens is 172 g/mol. The second-order valence-electron chi connectivity index (χ2n) is 2.71. The Kier molecular flexibility index (Phi) is 1.77. The van der Waals surface area contributed by atoms with E-state index in [2.05, 4.69) is 17.1 Å². The highest BCUT2D eigenvalue weighted by molar-refractivity contribution is 6.31. The summed E-state index contributed by atoms with van der Waals surface area (Å²) in [6, 6.07) is 5.75. The van der Waals surface area contributed by atoms with Gasteiger partial charge >= 0.3 is 0 Å². The first kappa shape index (κ1) is 7.62. The van der Waals surface area contributed by atoms with Gasteiger partial charge in [0.2, 0.25) is 0 Å². The van der Waals surface area contributed by atoms with Crippen molar-refractivity contribution in [3.8, 4) is 0 Å². The Balaban J connectivity index is 2.75. The predicted molar refractivity (Wildman–Crippen MR) is 50.5 cm³/mol. The molecule has 0 saturated carbocycles. The van der Waals surface area contributed by atoms with E-state index in [0.29, 0.717) is 0 Å². The summed E-state index contributed by atoms with van der Waals surface area (Å²) in [5, 5.41) is 9.02. The van der Waals surface area contributed by atoms with E-state index >= 15 is 0 Å². The fourth-order valence-electron chi connectivity index (χ4n) is 1.31. The lowest BCUT2D eigenvalue weighted by molar-refractivity contribution is 0.988. The van der Waals surface area contributed by atoms with E-state index in [-0.39, 0.29) is 0 Å². The van der Waals surface area contributed by atoms with E-state index in [4.69, 9.17) is 11.6 Å². The van der Waals surface area contributed by atoms with Crippen molar-refractivity contribution >= 4 is 22.5 Å². The minimum absolute atomic E-state index is 0.763. The number of hydrogen-bond donors (Lipinski definition) is 1. The van der Waals surface area contributed by atoms with Crippen LogP contribution in [0.3, 0.4) is 0 Å². The van der Waals surface area contributed by atoms with Gasteiger partial charge in [-0.15, -0.1) is 0 Å². The van der Waals surface area contributed by atoms with Gasteiger partial charge in [0, 0.05) is 10.4 Å². The Bertz CT molecular complexity index is 406. The number of aromatic nitrogens is 2. The minimum Gasteiger partial charge on any atom is -0.278 e. The van der Waals surface area contributed by atoms with Crippen molar-refractivity contribution in [3.63, 3.8) is 0 Å². The number of halogens is 1. The molecule has 2 aromatic rings. The Morgan fingerprint density at radius 2 is 2.33 bits per heavy atom. The molecule has 0 amide bonds. The van der Waals surface area contributed by atoms with Gasteiger partial charge in [0.25, 0.3) is 0 Å². The number of hydrogen-bond acceptors (Lipinski definition) is 1. The van der Waals surface area contributed by atoms with Gasteiger partial charge in [0.1, 0.15) is 0 Å². The number of fused-ring (bicyclic) bond motifs is 1. The molecule has 0 atom stereocenters. The summed E-state index contributed by atoms with van der Waals surface area (Å²) in [4.78, 5) is 0. The molecule has 2 rings (SSSR count). The third-order valence-corrected chi connectivity index (χ3v) is 2.17. The van der Waals surface area contributed by atoms with Gasteiger partial charge in [0.05, 0.1) is 11.2 Å². The molecule has 0 bridgehead atoms. The van der Waals surface area contributed by atoms with Crippen LogP contribution < -0.4 is 0 Å². The SMILES string of the molecule is CCc1n[nH]c2ccc(Cl)cc12. The molecule has 0 aliphatic rings. The maximum Gasteiger partial charge on any atom is 0.0698 e. The number of nitrogens with one attached hydrogen (secondary N) is 1. The van der Waals surface area contributed by atoms with Crippen LogP contribution in [0.25, 0.3) is 10.9 Å². The maximum atomic E-state index is 5.86. The third kappa shape index (κ3) is 1.08. The summed E-state index contributed by atoms with van der Waals surface area (Å²) in [7, 11) is 0. The zero-order valence-electron chi connectivity index (χ0n) is 6.76. The number of nitrogens with zero attached hydrogens (tertiary/aromatic N) is 1. The third-order valence-electron chi connectivity index (χ3n) is 1.94. The molecule has 3 heteroatoms. The predicted octanol–water partition coefficient (Wildman–Crippen LogP) is 2.78. The summed E-state index contributed by atoms with van der Waals surface area (Å²) in [6.45, 7) is 2.08. The molecule has 1 aromatic carbocycles. The first-order valence-electron chi connectivity index (χ1n) is 3.93. The van der Waals surface area contributed by atoms with Crippen LogP contribution in [0.2, 0.25) is 5.02 Å². The molecule has 0 unspecified atom stereocenters. The molecule has 0 aliphatic carbocycles. The van der Waals surface area contributed by atoms with E-state index in [9.17, 15) is 0 Å². The quantitative estimate of drug-likeness (QED) is 0.719. The van der Waals surface area contributed by atoms with Gasteiger partial charge in [-0.3, -0.25) is 5.10 Å². The fourth-order valence-corrected chi connectivity index (χ4v) is 1.48. The number of aryl methyl sites for hydroxylation is 1. The van der Waals surface area contributed by atoms with Gasteiger partial charge in [0.15, 0.2) is 0 Å². The van der Waals surface area contributed by atoms with Crippen molar-refractivity contribution in [2.45, 2.75) is 13.3 Å². The smallest absolute Gasteiger partial charge is 0.0698 e. The minimum atomic E-state index is 0.763. The van der Waals surface area contributed by atoms with Gasteiger partial charge in [-0.1, -0.05) is 18.5 Å². The van der Waals surface area contributed by atoms with Crippen molar-refractivity contribution in [2.24, 2.45) is 0 Å². The lowest BCUT2D eigenvalue weighted by Gasteiger charge is -1.91. The van der Waals surface area contributed by atoms with Gasteiger partial charge in [-0.2, -0.15) is 5.10 Å². The topological polar surface area (TPSA) is 28.7 Å². The molecule has 1 heterocycles. The fraction of sp³-hybridized carbons (Fsp3) is 0.222. The average Bonchev–Trinajstić information content (AvgIpc) is 2.46. The molecule has 1 N–H and O–H groups in total. The van der Waals surface area contributed by atoms with Crippen molar-refractivity contribution in [1.82, 2.24) is 10.2 Å². The second-order valence-corrected chi connectivity index (χ2v) is 3.15. The van der Waals surface area contributed by atoms with Crippen LogP contribution in [0.5, 0.6) is 0 Å². The van der Waals surface area contributed by atoms with Crippen molar-refractivity contribution in [3.05, 3.63) is 28.9 Å². The average molecular weight is 181 g/mol. The van der Waals surface area contributed by atoms with E-state index in [0.717, 1.165) is 28.0 Å². The first-order valence-corrected chi connectivity index (χ1v) is 4.31. The molecule has 0 radical (unpaired) electrons. The summed E-state index contributed by atoms with van der Waals surface area (Å²) in [6.07, 6.45) is 0.931. The van der Waals surface area contributed by atoms with Crippen LogP contribution in [0.4, 0.5) is 0 Å².